The minimum atomic E-state index is -1.22. The molecule has 2 aromatic carbocycles. The van der Waals surface area contributed by atoms with Crippen molar-refractivity contribution in [3.05, 3.63) is 58.1 Å². The van der Waals surface area contributed by atoms with Crippen LogP contribution in [0.15, 0.2) is 30.3 Å². The van der Waals surface area contributed by atoms with E-state index in [1.54, 1.807) is 0 Å². The summed E-state index contributed by atoms with van der Waals surface area (Å²) in [5, 5.41) is 2.15. The summed E-state index contributed by atoms with van der Waals surface area (Å²) in [6, 6.07) is 5.66. The number of ether oxygens (including phenoxy) is 2. The molecule has 2 aromatic rings. The third-order valence-electron chi connectivity index (χ3n) is 3.13. The molecule has 1 N–H and O–H groups in total. The minimum Gasteiger partial charge on any atom is -0.497 e. The van der Waals surface area contributed by atoms with Crippen LogP contribution in [0.3, 0.4) is 0 Å². The highest BCUT2D eigenvalue weighted by Crippen LogP contribution is 2.25. The number of halogens is 3. The lowest BCUT2D eigenvalue weighted by Crippen LogP contribution is -2.16. The molecular formula is C16H12ClF2NO4. The molecule has 0 aliphatic carbocycles. The topological polar surface area (TPSA) is 64.6 Å². The molecule has 0 aliphatic heterocycles. The van der Waals surface area contributed by atoms with Crippen LogP contribution >= 0.6 is 11.6 Å². The van der Waals surface area contributed by atoms with Crippen molar-refractivity contribution >= 4 is 29.2 Å². The predicted octanol–water partition coefficient (Wildman–Crippen LogP) is 3.67. The number of nitrogens with one attached hydrogen (secondary N) is 1. The van der Waals surface area contributed by atoms with Gasteiger partial charge in [-0.15, -0.1) is 0 Å². The Morgan fingerprint density at radius 1 is 1.04 bits per heavy atom. The van der Waals surface area contributed by atoms with Crippen molar-refractivity contribution in [1.82, 2.24) is 0 Å². The van der Waals surface area contributed by atoms with Gasteiger partial charge in [-0.2, -0.15) is 0 Å². The first-order chi connectivity index (χ1) is 11.4. The highest BCUT2D eigenvalue weighted by Gasteiger charge is 2.19. The van der Waals surface area contributed by atoms with Gasteiger partial charge >= 0.3 is 5.97 Å². The smallest absolute Gasteiger partial charge is 0.340 e. The number of anilines is 1. The number of esters is 1. The molecule has 2 rings (SSSR count). The average molecular weight is 356 g/mol. The Hall–Kier alpha value is -2.67. The van der Waals surface area contributed by atoms with Crippen molar-refractivity contribution in [2.24, 2.45) is 0 Å². The van der Waals surface area contributed by atoms with E-state index >= 15 is 0 Å². The second-order valence-electron chi connectivity index (χ2n) is 4.60. The normalized spacial score (nSPS) is 10.2. The van der Waals surface area contributed by atoms with Crippen molar-refractivity contribution < 1.29 is 27.8 Å². The molecule has 24 heavy (non-hydrogen) atoms. The Balaban J connectivity index is 2.39. The lowest BCUT2D eigenvalue weighted by atomic mass is 10.1. The van der Waals surface area contributed by atoms with E-state index in [9.17, 15) is 18.4 Å². The summed E-state index contributed by atoms with van der Waals surface area (Å²) in [6.45, 7) is 0. The summed E-state index contributed by atoms with van der Waals surface area (Å²) in [6.07, 6.45) is 0. The Morgan fingerprint density at radius 2 is 1.71 bits per heavy atom. The minimum absolute atomic E-state index is 0.0314. The van der Waals surface area contributed by atoms with Crippen LogP contribution in [0.5, 0.6) is 5.75 Å². The lowest BCUT2D eigenvalue weighted by molar-refractivity contribution is 0.0601. The van der Waals surface area contributed by atoms with E-state index in [0.717, 1.165) is 0 Å². The van der Waals surface area contributed by atoms with Gasteiger partial charge in [0, 0.05) is 0 Å². The van der Waals surface area contributed by atoms with E-state index in [0.29, 0.717) is 17.9 Å². The number of carbonyl (C=O) groups is 2. The average Bonchev–Trinajstić information content (AvgIpc) is 2.57. The molecule has 0 bridgehead atoms. The quantitative estimate of drug-likeness (QED) is 0.671. The van der Waals surface area contributed by atoms with E-state index in [1.807, 2.05) is 0 Å². The Morgan fingerprint density at radius 3 is 2.33 bits per heavy atom. The number of hydrogen-bond donors (Lipinski definition) is 1. The van der Waals surface area contributed by atoms with Gasteiger partial charge in [0.1, 0.15) is 5.75 Å². The number of methoxy groups -OCH3 is 2. The predicted molar refractivity (Wildman–Crippen MR) is 83.7 cm³/mol. The first-order valence-corrected chi connectivity index (χ1v) is 6.97. The van der Waals surface area contributed by atoms with E-state index in [2.05, 4.69) is 10.1 Å². The van der Waals surface area contributed by atoms with Crippen LogP contribution in [0, 0.1) is 11.6 Å². The molecule has 0 atom stereocenters. The Kier molecular flexibility index (Phi) is 5.35. The second kappa shape index (κ2) is 7.27. The van der Waals surface area contributed by atoms with Gasteiger partial charge in [0.25, 0.3) is 5.91 Å². The van der Waals surface area contributed by atoms with Crippen molar-refractivity contribution in [3.8, 4) is 5.75 Å². The molecule has 0 spiro atoms. The molecular weight excluding hydrogens is 344 g/mol. The lowest BCUT2D eigenvalue weighted by Gasteiger charge is -2.12. The molecule has 0 aromatic heterocycles. The van der Waals surface area contributed by atoms with Crippen molar-refractivity contribution in [2.45, 2.75) is 0 Å². The van der Waals surface area contributed by atoms with Crippen LogP contribution in [0.4, 0.5) is 14.5 Å². The van der Waals surface area contributed by atoms with Gasteiger partial charge in [-0.25, -0.2) is 13.6 Å². The Labute approximate surface area is 141 Å². The third-order valence-corrected chi connectivity index (χ3v) is 3.45. The number of rotatable bonds is 4. The van der Waals surface area contributed by atoms with Crippen molar-refractivity contribution in [1.29, 1.82) is 0 Å². The summed E-state index contributed by atoms with van der Waals surface area (Å²) in [5.74, 6) is -3.53. The van der Waals surface area contributed by atoms with Crippen molar-refractivity contribution in [2.75, 3.05) is 19.5 Å². The van der Waals surface area contributed by atoms with E-state index in [1.165, 1.54) is 32.4 Å². The maximum atomic E-state index is 13.3. The summed E-state index contributed by atoms with van der Waals surface area (Å²) >= 11 is 5.76. The zero-order valence-electron chi connectivity index (χ0n) is 12.7. The fourth-order valence-electron chi connectivity index (χ4n) is 1.92. The first kappa shape index (κ1) is 17.7. The SMILES string of the molecule is COC(=O)c1cc(OC)ccc1NC(=O)c1cc(F)c(F)cc1Cl. The largest absolute Gasteiger partial charge is 0.497 e. The van der Waals surface area contributed by atoms with Gasteiger partial charge in [0.2, 0.25) is 0 Å². The van der Waals surface area contributed by atoms with Gasteiger partial charge < -0.3 is 14.8 Å². The maximum Gasteiger partial charge on any atom is 0.340 e. The summed E-state index contributed by atoms with van der Waals surface area (Å²) in [4.78, 5) is 24.1. The molecule has 0 saturated heterocycles. The van der Waals surface area contributed by atoms with Gasteiger partial charge in [0.15, 0.2) is 11.6 Å². The fourth-order valence-corrected chi connectivity index (χ4v) is 2.16. The van der Waals surface area contributed by atoms with E-state index in [-0.39, 0.29) is 21.8 Å². The van der Waals surface area contributed by atoms with Gasteiger partial charge in [0.05, 0.1) is 36.1 Å². The molecule has 0 aliphatic rings. The summed E-state index contributed by atoms with van der Waals surface area (Å²) in [7, 11) is 2.59. The first-order valence-electron chi connectivity index (χ1n) is 6.59. The molecule has 1 amide bonds. The van der Waals surface area contributed by atoms with E-state index in [4.69, 9.17) is 16.3 Å². The highest BCUT2D eigenvalue weighted by atomic mass is 35.5. The second-order valence-corrected chi connectivity index (χ2v) is 5.01. The van der Waals surface area contributed by atoms with Crippen LogP contribution in [-0.2, 0) is 4.74 Å². The third kappa shape index (κ3) is 3.62. The maximum absolute atomic E-state index is 13.3. The molecule has 0 fully saturated rings. The van der Waals surface area contributed by atoms with Crippen LogP contribution < -0.4 is 10.1 Å². The molecule has 0 heterocycles. The van der Waals surface area contributed by atoms with Crippen LogP contribution in [0.25, 0.3) is 0 Å². The van der Waals surface area contributed by atoms with Gasteiger partial charge in [-0.1, -0.05) is 11.6 Å². The van der Waals surface area contributed by atoms with Crippen LogP contribution in [-0.4, -0.2) is 26.1 Å². The molecule has 8 heteroatoms. The Bertz CT molecular complexity index is 811. The van der Waals surface area contributed by atoms with Gasteiger partial charge in [-0.3, -0.25) is 4.79 Å². The van der Waals surface area contributed by atoms with E-state index < -0.39 is 23.5 Å². The van der Waals surface area contributed by atoms with Crippen LogP contribution in [0.2, 0.25) is 5.02 Å². The van der Waals surface area contributed by atoms with Crippen molar-refractivity contribution in [3.63, 3.8) is 0 Å². The van der Waals surface area contributed by atoms with Gasteiger partial charge in [-0.05, 0) is 30.3 Å². The number of hydrogen-bond acceptors (Lipinski definition) is 4. The monoisotopic (exact) mass is 355 g/mol. The molecule has 0 unspecified atom stereocenters. The molecule has 126 valence electrons. The fraction of sp³-hybridized carbons (Fsp3) is 0.125. The molecule has 0 radical (unpaired) electrons. The highest BCUT2D eigenvalue weighted by molar-refractivity contribution is 6.34. The number of carbonyl (C=O) groups excluding carboxylic acids is 2. The zero-order chi connectivity index (χ0) is 17.9. The number of amides is 1. The molecule has 0 saturated carbocycles. The number of benzene rings is 2. The standard InChI is InChI=1S/C16H12ClF2NO4/c1-23-8-3-4-14(10(5-8)16(22)24-2)20-15(21)9-6-12(18)13(19)7-11(9)17/h3-7H,1-2H3,(H,20,21). The zero-order valence-corrected chi connectivity index (χ0v) is 13.4. The van der Waals surface area contributed by atoms with Crippen LogP contribution in [0.1, 0.15) is 20.7 Å². The molecule has 5 nitrogen and oxygen atoms in total. The summed E-state index contributed by atoms with van der Waals surface area (Å²) < 4.78 is 36.0. The summed E-state index contributed by atoms with van der Waals surface area (Å²) in [5.41, 5.74) is -0.139.